The molecule has 0 spiro atoms. The Morgan fingerprint density at radius 1 is 1.07 bits per heavy atom. The van der Waals surface area contributed by atoms with E-state index in [1.165, 1.54) is 0 Å². The molecule has 0 unspecified atom stereocenters. The largest absolute Gasteiger partial charge is 0.308 e. The highest BCUT2D eigenvalue weighted by Crippen LogP contribution is 2.29. The minimum Gasteiger partial charge on any atom is -0.308 e. The van der Waals surface area contributed by atoms with Crippen molar-refractivity contribution in [3.63, 3.8) is 0 Å². The van der Waals surface area contributed by atoms with Gasteiger partial charge in [-0.2, -0.15) is 10.2 Å². The summed E-state index contributed by atoms with van der Waals surface area (Å²) in [7, 11) is 0. The molecule has 0 atom stereocenters. The van der Waals surface area contributed by atoms with Crippen LogP contribution in [0.15, 0.2) is 48.7 Å². The van der Waals surface area contributed by atoms with Crippen LogP contribution in [0.5, 0.6) is 0 Å². The zero-order valence-corrected chi connectivity index (χ0v) is 16.9. The third kappa shape index (κ3) is 3.76. The molecule has 0 radical (unpaired) electrons. The number of anilines is 1. The number of nitrogens with zero attached hydrogens (tertiary/aromatic N) is 5. The summed E-state index contributed by atoms with van der Waals surface area (Å²) >= 11 is 0. The minimum atomic E-state index is -0.178. The minimum absolute atomic E-state index is 0.0786. The Bertz CT molecular complexity index is 1160. The van der Waals surface area contributed by atoms with Gasteiger partial charge in [-0.3, -0.25) is 9.48 Å². The van der Waals surface area contributed by atoms with Crippen LogP contribution in [0.1, 0.15) is 24.7 Å². The number of amides is 1. The van der Waals surface area contributed by atoms with Crippen molar-refractivity contribution >= 4 is 22.8 Å². The number of aryl methyl sites for hydroxylation is 3. The molecule has 1 N–H and O–H groups in total. The zero-order chi connectivity index (χ0) is 20.4. The molecule has 3 aromatic heterocycles. The number of benzene rings is 1. The van der Waals surface area contributed by atoms with Gasteiger partial charge in [-0.1, -0.05) is 37.3 Å². The Balaban J connectivity index is 1.60. The first-order valence-electron chi connectivity index (χ1n) is 9.78. The molecule has 0 fully saturated rings. The van der Waals surface area contributed by atoms with E-state index in [0.717, 1.165) is 40.9 Å². The molecular formula is C22H24N6O. The number of fused-ring (bicyclic) bond motifs is 1. The van der Waals surface area contributed by atoms with E-state index in [1.807, 2.05) is 48.9 Å². The number of aromatic nitrogens is 5. The van der Waals surface area contributed by atoms with Crippen LogP contribution in [0.25, 0.3) is 22.2 Å². The van der Waals surface area contributed by atoms with Crippen LogP contribution in [0.2, 0.25) is 0 Å². The van der Waals surface area contributed by atoms with Crippen molar-refractivity contribution < 1.29 is 4.79 Å². The van der Waals surface area contributed by atoms with Gasteiger partial charge in [0.2, 0.25) is 5.91 Å². The van der Waals surface area contributed by atoms with Crippen molar-refractivity contribution in [1.29, 1.82) is 0 Å². The molecule has 7 heteroatoms. The van der Waals surface area contributed by atoms with E-state index in [1.54, 1.807) is 10.9 Å². The summed E-state index contributed by atoms with van der Waals surface area (Å²) in [5, 5.41) is 12.9. The van der Waals surface area contributed by atoms with Gasteiger partial charge < -0.3 is 5.32 Å². The number of pyridine rings is 1. The monoisotopic (exact) mass is 388 g/mol. The third-order valence-corrected chi connectivity index (χ3v) is 4.87. The topological polar surface area (TPSA) is 77.6 Å². The van der Waals surface area contributed by atoms with Crippen molar-refractivity contribution in [2.75, 3.05) is 5.32 Å². The quantitative estimate of drug-likeness (QED) is 0.542. The molecule has 4 rings (SSSR count). The fourth-order valence-electron chi connectivity index (χ4n) is 3.58. The standard InChI is InChI=1S/C22H24N6O/c1-4-12-27-15(2)13-19(26-27)24-20(29)14-28-22-21(16(3)25-28)18(10-11-23-22)17-8-6-5-7-9-17/h5-11,13H,4,12,14H2,1-3H3,(H,24,26,29). The van der Waals surface area contributed by atoms with E-state index in [2.05, 4.69) is 39.6 Å². The summed E-state index contributed by atoms with van der Waals surface area (Å²) < 4.78 is 3.55. The van der Waals surface area contributed by atoms with Gasteiger partial charge in [-0.25, -0.2) is 9.67 Å². The molecule has 29 heavy (non-hydrogen) atoms. The molecule has 0 aliphatic carbocycles. The smallest absolute Gasteiger partial charge is 0.247 e. The lowest BCUT2D eigenvalue weighted by Crippen LogP contribution is -2.20. The van der Waals surface area contributed by atoms with Crippen LogP contribution in [0, 0.1) is 13.8 Å². The second kappa shape index (κ2) is 7.87. The molecule has 0 aliphatic rings. The van der Waals surface area contributed by atoms with Gasteiger partial charge in [0.05, 0.1) is 5.69 Å². The maximum atomic E-state index is 12.6. The fraction of sp³-hybridized carbons (Fsp3) is 0.273. The van der Waals surface area contributed by atoms with Gasteiger partial charge in [0, 0.05) is 29.9 Å². The molecule has 7 nitrogen and oxygen atoms in total. The molecule has 0 aliphatic heterocycles. The molecule has 0 saturated heterocycles. The van der Waals surface area contributed by atoms with Crippen molar-refractivity contribution in [3.8, 4) is 11.1 Å². The first-order valence-corrected chi connectivity index (χ1v) is 9.78. The van der Waals surface area contributed by atoms with E-state index in [9.17, 15) is 4.79 Å². The number of carbonyl (C=O) groups is 1. The molecule has 3 heterocycles. The lowest BCUT2D eigenvalue weighted by Gasteiger charge is -2.05. The van der Waals surface area contributed by atoms with Gasteiger partial charge in [0.1, 0.15) is 6.54 Å². The molecule has 4 aromatic rings. The summed E-state index contributed by atoms with van der Waals surface area (Å²) in [6.45, 7) is 6.94. The van der Waals surface area contributed by atoms with Crippen LogP contribution < -0.4 is 5.32 Å². The fourth-order valence-corrected chi connectivity index (χ4v) is 3.58. The van der Waals surface area contributed by atoms with Gasteiger partial charge in [0.15, 0.2) is 11.5 Å². The van der Waals surface area contributed by atoms with E-state index in [4.69, 9.17) is 0 Å². The summed E-state index contributed by atoms with van der Waals surface area (Å²) in [5.74, 6) is 0.384. The van der Waals surface area contributed by atoms with Crippen molar-refractivity contribution in [2.24, 2.45) is 0 Å². The van der Waals surface area contributed by atoms with Crippen LogP contribution in [0.3, 0.4) is 0 Å². The van der Waals surface area contributed by atoms with Crippen molar-refractivity contribution in [2.45, 2.75) is 40.3 Å². The van der Waals surface area contributed by atoms with E-state index in [0.29, 0.717) is 11.5 Å². The summed E-state index contributed by atoms with van der Waals surface area (Å²) in [5.41, 5.74) is 4.74. The molecule has 0 bridgehead atoms. The predicted molar refractivity (Wildman–Crippen MR) is 114 cm³/mol. The first kappa shape index (κ1) is 18.9. The van der Waals surface area contributed by atoms with Crippen molar-refractivity contribution in [3.05, 3.63) is 60.0 Å². The van der Waals surface area contributed by atoms with Gasteiger partial charge in [-0.15, -0.1) is 0 Å². The second-order valence-electron chi connectivity index (χ2n) is 7.11. The number of rotatable bonds is 6. The Labute approximate surface area is 169 Å². The molecular weight excluding hydrogens is 364 g/mol. The number of nitrogens with one attached hydrogen (secondary N) is 1. The van der Waals surface area contributed by atoms with E-state index in [-0.39, 0.29) is 12.5 Å². The van der Waals surface area contributed by atoms with Crippen LogP contribution in [-0.4, -0.2) is 30.5 Å². The molecule has 1 aromatic carbocycles. The zero-order valence-electron chi connectivity index (χ0n) is 16.9. The highest BCUT2D eigenvalue weighted by atomic mass is 16.2. The molecule has 0 saturated carbocycles. The van der Waals surface area contributed by atoms with Crippen molar-refractivity contribution in [1.82, 2.24) is 24.5 Å². The maximum Gasteiger partial charge on any atom is 0.247 e. The number of hydrogen-bond acceptors (Lipinski definition) is 4. The first-order chi connectivity index (χ1) is 14.1. The number of carbonyl (C=O) groups excluding carboxylic acids is 1. The number of hydrogen-bond donors (Lipinski definition) is 1. The van der Waals surface area contributed by atoms with E-state index < -0.39 is 0 Å². The highest BCUT2D eigenvalue weighted by Gasteiger charge is 2.16. The average molecular weight is 388 g/mol. The highest BCUT2D eigenvalue weighted by molar-refractivity contribution is 5.96. The Morgan fingerprint density at radius 3 is 2.62 bits per heavy atom. The van der Waals surface area contributed by atoms with Crippen LogP contribution in [-0.2, 0) is 17.9 Å². The summed E-state index contributed by atoms with van der Waals surface area (Å²) in [6, 6.07) is 14.0. The Morgan fingerprint density at radius 2 is 1.86 bits per heavy atom. The average Bonchev–Trinajstić information content (AvgIpc) is 3.22. The normalized spacial score (nSPS) is 11.1. The second-order valence-corrected chi connectivity index (χ2v) is 7.11. The molecule has 148 valence electrons. The summed E-state index contributed by atoms with van der Waals surface area (Å²) in [6.07, 6.45) is 2.75. The SMILES string of the molecule is CCCn1nc(NC(=O)Cn2nc(C)c3c(-c4ccccc4)ccnc32)cc1C. The predicted octanol–water partition coefficient (Wildman–Crippen LogP) is 3.96. The molecule has 1 amide bonds. The Kier molecular flexibility index (Phi) is 5.12. The van der Waals surface area contributed by atoms with Gasteiger partial charge >= 0.3 is 0 Å². The summed E-state index contributed by atoms with van der Waals surface area (Å²) in [4.78, 5) is 17.1. The van der Waals surface area contributed by atoms with Crippen LogP contribution in [0.4, 0.5) is 5.82 Å². The third-order valence-electron chi connectivity index (χ3n) is 4.87. The lowest BCUT2D eigenvalue weighted by molar-refractivity contribution is -0.116. The Hall–Kier alpha value is -3.48. The van der Waals surface area contributed by atoms with E-state index >= 15 is 0 Å². The lowest BCUT2D eigenvalue weighted by atomic mass is 10.0. The van der Waals surface area contributed by atoms with Gasteiger partial charge in [0.25, 0.3) is 0 Å². The van der Waals surface area contributed by atoms with Gasteiger partial charge in [-0.05, 0) is 37.5 Å². The maximum absolute atomic E-state index is 12.6. The van der Waals surface area contributed by atoms with Crippen LogP contribution >= 0.6 is 0 Å².